The van der Waals surface area contributed by atoms with Crippen LogP contribution in [0.2, 0.25) is 0 Å². The highest BCUT2D eigenvalue weighted by Crippen LogP contribution is 2.65. The van der Waals surface area contributed by atoms with E-state index in [0.717, 1.165) is 19.3 Å². The number of carbonyl (C=O) groups is 1. The summed E-state index contributed by atoms with van der Waals surface area (Å²) in [5, 5.41) is 9.25. The molecule has 4 N–H and O–H groups in total. The number of hydrogen-bond acceptors (Lipinski definition) is 3. The summed E-state index contributed by atoms with van der Waals surface area (Å²) in [4.78, 5) is 25.4. The second-order valence-corrected chi connectivity index (χ2v) is 6.18. The van der Waals surface area contributed by atoms with E-state index in [2.05, 4.69) is 4.98 Å². The standard InChI is InChI=1S/C15H13FN2O3/c16-9-1-7-10(2-8(9)15-3-6(4-15)5-15)18-13(19)11(12(7)17)14(20)21/h1-2,6H,3-5H2,(H,20,21)(H3,17,18,19). The molecule has 3 fully saturated rings. The minimum atomic E-state index is -1.42. The van der Waals surface area contributed by atoms with Gasteiger partial charge in [0.05, 0.1) is 11.2 Å². The van der Waals surface area contributed by atoms with E-state index >= 15 is 0 Å². The van der Waals surface area contributed by atoms with Gasteiger partial charge in [-0.15, -0.1) is 0 Å². The number of pyridine rings is 1. The van der Waals surface area contributed by atoms with E-state index in [-0.39, 0.29) is 22.3 Å². The first-order chi connectivity index (χ1) is 9.91. The number of benzene rings is 1. The number of aromatic nitrogens is 1. The fourth-order valence-corrected chi connectivity index (χ4v) is 3.77. The molecule has 0 atom stereocenters. The second kappa shape index (κ2) is 3.63. The SMILES string of the molecule is Nc1c(C(=O)O)c(=O)[nH]c2cc(C34CC(C3)C4)c(F)cc12. The van der Waals surface area contributed by atoms with Crippen molar-refractivity contribution in [1.29, 1.82) is 0 Å². The van der Waals surface area contributed by atoms with Gasteiger partial charge in [-0.25, -0.2) is 9.18 Å². The van der Waals surface area contributed by atoms with Gasteiger partial charge in [0.15, 0.2) is 0 Å². The number of carboxylic acid groups (broad SMARTS) is 1. The van der Waals surface area contributed by atoms with Crippen molar-refractivity contribution in [3.63, 3.8) is 0 Å². The fraction of sp³-hybridized carbons (Fsp3) is 0.333. The van der Waals surface area contributed by atoms with Gasteiger partial charge in [0.2, 0.25) is 0 Å². The Bertz CT molecular complexity index is 854. The Labute approximate surface area is 118 Å². The Morgan fingerprint density at radius 1 is 1.38 bits per heavy atom. The summed E-state index contributed by atoms with van der Waals surface area (Å²) in [6, 6.07) is 2.85. The number of nitrogens with two attached hydrogens (primary N) is 1. The number of fused-ring (bicyclic) bond motifs is 1. The molecular formula is C15H13FN2O3. The molecule has 2 bridgehead atoms. The van der Waals surface area contributed by atoms with Gasteiger partial charge in [-0.2, -0.15) is 0 Å². The molecule has 5 rings (SSSR count). The third-order valence-electron chi connectivity index (χ3n) is 4.97. The minimum absolute atomic E-state index is 0.0833. The van der Waals surface area contributed by atoms with E-state index < -0.39 is 17.1 Å². The normalized spacial score (nSPS) is 26.2. The monoisotopic (exact) mass is 288 g/mol. The van der Waals surface area contributed by atoms with Crippen molar-refractivity contribution in [2.45, 2.75) is 24.7 Å². The number of halogens is 1. The van der Waals surface area contributed by atoms with Gasteiger partial charge in [0.25, 0.3) is 5.56 Å². The maximum Gasteiger partial charge on any atom is 0.343 e. The average molecular weight is 288 g/mol. The predicted molar refractivity (Wildman–Crippen MR) is 74.9 cm³/mol. The number of rotatable bonds is 2. The van der Waals surface area contributed by atoms with Crippen molar-refractivity contribution < 1.29 is 14.3 Å². The first kappa shape index (κ1) is 12.4. The predicted octanol–water partition coefficient (Wildman–Crippen LogP) is 2.00. The van der Waals surface area contributed by atoms with Gasteiger partial charge in [-0.05, 0) is 48.3 Å². The van der Waals surface area contributed by atoms with Crippen LogP contribution in [0.15, 0.2) is 16.9 Å². The Kier molecular flexibility index (Phi) is 2.14. The van der Waals surface area contributed by atoms with Crippen LogP contribution in [0.25, 0.3) is 10.9 Å². The molecule has 0 aliphatic heterocycles. The molecule has 3 aliphatic rings. The molecule has 0 spiro atoms. The Balaban J connectivity index is 1.99. The van der Waals surface area contributed by atoms with Crippen molar-refractivity contribution in [3.8, 4) is 0 Å². The molecule has 3 saturated carbocycles. The van der Waals surface area contributed by atoms with Gasteiger partial charge >= 0.3 is 5.97 Å². The Morgan fingerprint density at radius 2 is 2.05 bits per heavy atom. The van der Waals surface area contributed by atoms with E-state index in [0.29, 0.717) is 17.0 Å². The lowest BCUT2D eigenvalue weighted by molar-refractivity contribution is -0.0299. The van der Waals surface area contributed by atoms with Crippen LogP contribution in [0.3, 0.4) is 0 Å². The van der Waals surface area contributed by atoms with Gasteiger partial charge in [-0.1, -0.05) is 0 Å². The van der Waals surface area contributed by atoms with E-state index in [9.17, 15) is 14.0 Å². The Morgan fingerprint density at radius 3 is 2.57 bits per heavy atom. The lowest BCUT2D eigenvalue weighted by atomic mass is 9.42. The van der Waals surface area contributed by atoms with Crippen LogP contribution in [-0.4, -0.2) is 16.1 Å². The van der Waals surface area contributed by atoms with Crippen LogP contribution < -0.4 is 11.3 Å². The molecule has 5 nitrogen and oxygen atoms in total. The van der Waals surface area contributed by atoms with Crippen molar-refractivity contribution in [2.24, 2.45) is 5.92 Å². The lowest BCUT2D eigenvalue weighted by Crippen LogP contribution is -2.55. The van der Waals surface area contributed by atoms with Crippen LogP contribution in [0.4, 0.5) is 10.1 Å². The smallest absolute Gasteiger partial charge is 0.343 e. The molecular weight excluding hydrogens is 275 g/mol. The summed E-state index contributed by atoms with van der Waals surface area (Å²) in [6.45, 7) is 0. The third kappa shape index (κ3) is 1.44. The number of nitrogen functional groups attached to an aromatic ring is 1. The van der Waals surface area contributed by atoms with Gasteiger partial charge < -0.3 is 15.8 Å². The topological polar surface area (TPSA) is 96.2 Å². The van der Waals surface area contributed by atoms with Crippen molar-refractivity contribution in [3.05, 3.63) is 39.4 Å². The molecule has 108 valence electrons. The summed E-state index contributed by atoms with van der Waals surface area (Å²) in [7, 11) is 0. The number of H-pyrrole nitrogens is 1. The summed E-state index contributed by atoms with van der Waals surface area (Å²) in [6.07, 6.45) is 2.97. The number of anilines is 1. The first-order valence-corrected chi connectivity index (χ1v) is 6.80. The van der Waals surface area contributed by atoms with Crippen molar-refractivity contribution >= 4 is 22.6 Å². The largest absolute Gasteiger partial charge is 0.477 e. The molecule has 0 unspecified atom stereocenters. The molecule has 0 amide bonds. The molecule has 21 heavy (non-hydrogen) atoms. The van der Waals surface area contributed by atoms with Crippen molar-refractivity contribution in [1.82, 2.24) is 4.98 Å². The highest BCUT2D eigenvalue weighted by molar-refractivity contribution is 6.03. The molecule has 2 aromatic rings. The zero-order valence-electron chi connectivity index (χ0n) is 11.1. The number of hydrogen-bond donors (Lipinski definition) is 3. The molecule has 1 aromatic carbocycles. The summed E-state index contributed by atoms with van der Waals surface area (Å²) < 4.78 is 14.4. The van der Waals surface area contributed by atoms with Gasteiger partial charge in [0.1, 0.15) is 11.4 Å². The zero-order chi connectivity index (χ0) is 14.9. The highest BCUT2D eigenvalue weighted by Gasteiger charge is 2.58. The Hall–Kier alpha value is -2.37. The molecule has 3 aliphatic carbocycles. The van der Waals surface area contributed by atoms with Gasteiger partial charge in [0, 0.05) is 5.39 Å². The van der Waals surface area contributed by atoms with E-state index in [4.69, 9.17) is 10.8 Å². The number of aromatic amines is 1. The fourth-order valence-electron chi connectivity index (χ4n) is 3.77. The van der Waals surface area contributed by atoms with Crippen molar-refractivity contribution in [2.75, 3.05) is 5.73 Å². The summed E-state index contributed by atoms with van der Waals surface area (Å²) >= 11 is 0. The van der Waals surface area contributed by atoms with Crippen LogP contribution in [-0.2, 0) is 5.41 Å². The quantitative estimate of drug-likeness (QED) is 0.787. The molecule has 0 saturated heterocycles. The van der Waals surface area contributed by atoms with E-state index in [1.807, 2.05) is 0 Å². The lowest BCUT2D eigenvalue weighted by Gasteiger charge is -2.62. The summed E-state index contributed by atoms with van der Waals surface area (Å²) in [5.74, 6) is -1.09. The average Bonchev–Trinajstić information content (AvgIpc) is 2.27. The maximum absolute atomic E-state index is 14.4. The molecule has 0 radical (unpaired) electrons. The zero-order valence-corrected chi connectivity index (χ0v) is 11.1. The third-order valence-corrected chi connectivity index (χ3v) is 4.97. The summed E-state index contributed by atoms with van der Waals surface area (Å²) in [5.41, 5.74) is 5.16. The van der Waals surface area contributed by atoms with Crippen LogP contribution >= 0.6 is 0 Å². The highest BCUT2D eigenvalue weighted by atomic mass is 19.1. The maximum atomic E-state index is 14.4. The second-order valence-electron chi connectivity index (χ2n) is 6.18. The number of carboxylic acids is 1. The van der Waals surface area contributed by atoms with Gasteiger partial charge in [-0.3, -0.25) is 4.79 Å². The number of aromatic carboxylic acids is 1. The van der Waals surface area contributed by atoms with E-state index in [1.54, 1.807) is 6.07 Å². The van der Waals surface area contributed by atoms with Crippen LogP contribution in [0.5, 0.6) is 0 Å². The molecule has 1 aromatic heterocycles. The molecule has 1 heterocycles. The van der Waals surface area contributed by atoms with Crippen LogP contribution in [0.1, 0.15) is 35.2 Å². The van der Waals surface area contributed by atoms with E-state index in [1.165, 1.54) is 6.07 Å². The minimum Gasteiger partial charge on any atom is -0.477 e. The first-order valence-electron chi connectivity index (χ1n) is 6.80. The number of nitrogens with one attached hydrogen (secondary N) is 1. The molecule has 6 heteroatoms. The van der Waals surface area contributed by atoms with Crippen LogP contribution in [0, 0.1) is 11.7 Å².